The van der Waals surface area contributed by atoms with Crippen LogP contribution in [0.15, 0.2) is 23.8 Å². The first-order chi connectivity index (χ1) is 10.7. The molecule has 0 aliphatic heterocycles. The van der Waals surface area contributed by atoms with E-state index in [1.165, 1.54) is 37.0 Å². The Morgan fingerprint density at radius 3 is 2.86 bits per heavy atom. The molecule has 1 saturated carbocycles. The molecule has 0 saturated heterocycles. The monoisotopic (exact) mass is 317 g/mol. The second kappa shape index (κ2) is 6.83. The van der Waals surface area contributed by atoms with Crippen LogP contribution in [0.25, 0.3) is 0 Å². The molecule has 1 fully saturated rings. The fraction of sp³-hybridized carbons (Fsp3) is 0.467. The van der Waals surface area contributed by atoms with Crippen LogP contribution in [0.4, 0.5) is 10.9 Å². The first-order valence-corrected chi connectivity index (χ1v) is 8.35. The first-order valence-electron chi connectivity index (χ1n) is 7.47. The molecule has 1 amide bonds. The minimum absolute atomic E-state index is 0.214. The van der Waals surface area contributed by atoms with Crippen LogP contribution in [-0.2, 0) is 0 Å². The van der Waals surface area contributed by atoms with Crippen LogP contribution in [0.5, 0.6) is 0 Å². The Morgan fingerprint density at radius 1 is 1.41 bits per heavy atom. The molecule has 1 aliphatic carbocycles. The van der Waals surface area contributed by atoms with E-state index in [1.54, 1.807) is 17.8 Å². The van der Waals surface area contributed by atoms with Crippen molar-refractivity contribution in [1.82, 2.24) is 15.2 Å². The topological polar surface area (TPSA) is 71.0 Å². The molecule has 0 aromatic carbocycles. The van der Waals surface area contributed by atoms with Crippen LogP contribution in [0.2, 0.25) is 0 Å². The van der Waals surface area contributed by atoms with Gasteiger partial charge in [-0.3, -0.25) is 10.1 Å². The molecule has 1 aliphatic rings. The molecule has 116 valence electrons. The number of rotatable bonds is 5. The second-order valence-corrected chi connectivity index (χ2v) is 6.47. The highest BCUT2D eigenvalue weighted by molar-refractivity contribution is 7.13. The van der Waals surface area contributed by atoms with Crippen molar-refractivity contribution in [3.05, 3.63) is 29.4 Å². The van der Waals surface area contributed by atoms with Gasteiger partial charge in [-0.05, 0) is 30.9 Å². The SMILES string of the molecule is CN(CC1CCCC1)c1ccc(C(=O)Nc2nncs2)cn1. The summed E-state index contributed by atoms with van der Waals surface area (Å²) in [4.78, 5) is 18.6. The summed E-state index contributed by atoms with van der Waals surface area (Å²) in [5.74, 6) is 1.46. The lowest BCUT2D eigenvalue weighted by Gasteiger charge is -2.22. The van der Waals surface area contributed by atoms with Gasteiger partial charge in [0.25, 0.3) is 5.91 Å². The molecular formula is C15H19N5OS. The third-order valence-electron chi connectivity index (χ3n) is 3.99. The van der Waals surface area contributed by atoms with Gasteiger partial charge in [0.1, 0.15) is 11.3 Å². The van der Waals surface area contributed by atoms with Crippen molar-refractivity contribution in [3.63, 3.8) is 0 Å². The normalized spacial score (nSPS) is 15.0. The van der Waals surface area contributed by atoms with Gasteiger partial charge in [0, 0.05) is 19.8 Å². The Hall–Kier alpha value is -2.02. The van der Waals surface area contributed by atoms with Crippen molar-refractivity contribution in [1.29, 1.82) is 0 Å². The molecule has 0 bridgehead atoms. The van der Waals surface area contributed by atoms with Crippen molar-refractivity contribution in [2.75, 3.05) is 23.8 Å². The van der Waals surface area contributed by atoms with Gasteiger partial charge >= 0.3 is 0 Å². The lowest BCUT2D eigenvalue weighted by Crippen LogP contribution is -2.25. The molecule has 6 nitrogen and oxygen atoms in total. The molecule has 7 heteroatoms. The summed E-state index contributed by atoms with van der Waals surface area (Å²) in [6, 6.07) is 3.69. The molecule has 2 aromatic rings. The fourth-order valence-corrected chi connectivity index (χ4v) is 3.26. The third kappa shape index (κ3) is 3.59. The van der Waals surface area contributed by atoms with Gasteiger partial charge < -0.3 is 4.90 Å². The van der Waals surface area contributed by atoms with E-state index >= 15 is 0 Å². The van der Waals surface area contributed by atoms with Crippen LogP contribution in [0, 0.1) is 5.92 Å². The Kier molecular flexibility index (Phi) is 4.62. The minimum Gasteiger partial charge on any atom is -0.359 e. The number of carbonyl (C=O) groups excluding carboxylic acids is 1. The smallest absolute Gasteiger partial charge is 0.259 e. The number of carbonyl (C=O) groups is 1. The quantitative estimate of drug-likeness (QED) is 0.918. The van der Waals surface area contributed by atoms with Crippen LogP contribution in [0.1, 0.15) is 36.0 Å². The minimum atomic E-state index is -0.214. The van der Waals surface area contributed by atoms with Gasteiger partial charge in [0.15, 0.2) is 0 Å². The summed E-state index contributed by atoms with van der Waals surface area (Å²) in [5.41, 5.74) is 2.10. The summed E-state index contributed by atoms with van der Waals surface area (Å²) >= 11 is 1.29. The second-order valence-electron chi connectivity index (χ2n) is 5.63. The first kappa shape index (κ1) is 14.9. The van der Waals surface area contributed by atoms with E-state index in [4.69, 9.17) is 0 Å². The number of nitrogens with zero attached hydrogens (tertiary/aromatic N) is 4. The van der Waals surface area contributed by atoms with E-state index in [0.717, 1.165) is 18.3 Å². The zero-order valence-electron chi connectivity index (χ0n) is 12.5. The zero-order valence-corrected chi connectivity index (χ0v) is 13.3. The Morgan fingerprint density at radius 2 is 2.23 bits per heavy atom. The lowest BCUT2D eigenvalue weighted by atomic mass is 10.1. The van der Waals surface area contributed by atoms with Gasteiger partial charge in [0.05, 0.1) is 5.56 Å². The molecule has 2 aromatic heterocycles. The molecule has 0 radical (unpaired) electrons. The maximum absolute atomic E-state index is 12.0. The molecule has 0 atom stereocenters. The maximum atomic E-state index is 12.0. The largest absolute Gasteiger partial charge is 0.359 e. The Balaban J connectivity index is 1.60. The van der Waals surface area contributed by atoms with Gasteiger partial charge in [0.2, 0.25) is 5.13 Å². The standard InChI is InChI=1S/C15H19N5OS/c1-20(9-11-4-2-3-5-11)13-7-6-12(8-16-13)14(21)18-15-19-17-10-22-15/h6-8,10-11H,2-5,9H2,1H3,(H,18,19,21). The van der Waals surface area contributed by atoms with Gasteiger partial charge in [-0.15, -0.1) is 10.2 Å². The van der Waals surface area contributed by atoms with Crippen LogP contribution < -0.4 is 10.2 Å². The summed E-state index contributed by atoms with van der Waals surface area (Å²) in [7, 11) is 2.06. The summed E-state index contributed by atoms with van der Waals surface area (Å²) in [5, 5.41) is 10.7. The fourth-order valence-electron chi connectivity index (χ4n) is 2.82. The van der Waals surface area contributed by atoms with Gasteiger partial charge in [-0.25, -0.2) is 4.98 Å². The van der Waals surface area contributed by atoms with Crippen LogP contribution in [0.3, 0.4) is 0 Å². The Labute approximate surface area is 133 Å². The molecule has 1 N–H and O–H groups in total. The highest BCUT2D eigenvalue weighted by Crippen LogP contribution is 2.26. The van der Waals surface area contributed by atoms with E-state index in [2.05, 4.69) is 32.4 Å². The van der Waals surface area contributed by atoms with Crippen molar-refractivity contribution in [2.45, 2.75) is 25.7 Å². The van der Waals surface area contributed by atoms with Crippen molar-refractivity contribution in [3.8, 4) is 0 Å². The molecule has 0 spiro atoms. The average Bonchev–Trinajstić information content (AvgIpc) is 3.21. The van der Waals surface area contributed by atoms with E-state index in [9.17, 15) is 4.79 Å². The molecule has 2 heterocycles. The molecular weight excluding hydrogens is 298 g/mol. The van der Waals surface area contributed by atoms with Crippen LogP contribution in [-0.4, -0.2) is 34.7 Å². The van der Waals surface area contributed by atoms with E-state index < -0.39 is 0 Å². The molecule has 0 unspecified atom stereocenters. The summed E-state index contributed by atoms with van der Waals surface area (Å²) in [6.45, 7) is 1.03. The predicted octanol–water partition coefficient (Wildman–Crippen LogP) is 2.81. The Bertz CT molecular complexity index is 607. The highest BCUT2D eigenvalue weighted by Gasteiger charge is 2.17. The average molecular weight is 317 g/mol. The maximum Gasteiger partial charge on any atom is 0.259 e. The van der Waals surface area contributed by atoms with Gasteiger partial charge in [-0.1, -0.05) is 24.2 Å². The van der Waals surface area contributed by atoms with E-state index in [0.29, 0.717) is 10.7 Å². The number of anilines is 2. The summed E-state index contributed by atoms with van der Waals surface area (Å²) in [6.07, 6.45) is 6.92. The number of pyridine rings is 1. The number of aromatic nitrogens is 3. The number of amides is 1. The highest BCUT2D eigenvalue weighted by atomic mass is 32.1. The molecule has 3 rings (SSSR count). The molecule has 22 heavy (non-hydrogen) atoms. The lowest BCUT2D eigenvalue weighted by molar-refractivity contribution is 0.102. The third-order valence-corrected chi connectivity index (χ3v) is 4.60. The van der Waals surface area contributed by atoms with Crippen LogP contribution >= 0.6 is 11.3 Å². The van der Waals surface area contributed by atoms with Gasteiger partial charge in [-0.2, -0.15) is 0 Å². The predicted molar refractivity (Wildman–Crippen MR) is 87.3 cm³/mol. The van der Waals surface area contributed by atoms with Crippen molar-refractivity contribution in [2.24, 2.45) is 5.92 Å². The number of nitrogens with one attached hydrogen (secondary N) is 1. The van der Waals surface area contributed by atoms with Crippen molar-refractivity contribution >= 4 is 28.2 Å². The number of hydrogen-bond acceptors (Lipinski definition) is 6. The van der Waals surface area contributed by atoms with E-state index in [-0.39, 0.29) is 5.91 Å². The number of hydrogen-bond donors (Lipinski definition) is 1. The van der Waals surface area contributed by atoms with Crippen molar-refractivity contribution < 1.29 is 4.79 Å². The van der Waals surface area contributed by atoms with E-state index in [1.807, 2.05) is 6.07 Å². The summed E-state index contributed by atoms with van der Waals surface area (Å²) < 4.78 is 0. The zero-order chi connectivity index (χ0) is 15.4.